The fraction of sp³-hybridized carbons (Fsp3) is 0.842. The fourth-order valence-corrected chi connectivity index (χ4v) is 2.65. The van der Waals surface area contributed by atoms with Crippen LogP contribution in [0.2, 0.25) is 0 Å². The van der Waals surface area contributed by atoms with Crippen LogP contribution < -0.4 is 0 Å². The summed E-state index contributed by atoms with van der Waals surface area (Å²) in [6, 6.07) is 0. The maximum absolute atomic E-state index is 10.5. The van der Waals surface area contributed by atoms with Gasteiger partial charge >= 0.3 is 0 Å². The van der Waals surface area contributed by atoms with E-state index in [1.165, 1.54) is 77.0 Å². The molecular weight excluding hydrogens is 280 g/mol. The molecular formula is C19H35ClO. The van der Waals surface area contributed by atoms with Crippen LogP contribution in [0.4, 0.5) is 0 Å². The van der Waals surface area contributed by atoms with E-state index in [0.717, 1.165) is 12.8 Å². The van der Waals surface area contributed by atoms with Gasteiger partial charge < -0.3 is 0 Å². The summed E-state index contributed by atoms with van der Waals surface area (Å²) in [5, 5.41) is -0.194. The Bertz CT molecular complexity index is 248. The molecule has 0 fully saturated rings. The van der Waals surface area contributed by atoms with Crippen molar-refractivity contribution < 1.29 is 4.79 Å². The van der Waals surface area contributed by atoms with E-state index in [4.69, 9.17) is 11.6 Å². The second-order valence-electron chi connectivity index (χ2n) is 6.04. The zero-order valence-electron chi connectivity index (χ0n) is 14.0. The Morgan fingerprint density at radius 2 is 1.14 bits per heavy atom. The van der Waals surface area contributed by atoms with Gasteiger partial charge in [0.05, 0.1) is 0 Å². The molecule has 0 aliphatic heterocycles. The van der Waals surface area contributed by atoms with Crippen LogP contribution in [0.15, 0.2) is 12.2 Å². The number of allylic oxidation sites excluding steroid dienone is 2. The third-order valence-electron chi connectivity index (χ3n) is 3.89. The number of halogens is 1. The lowest BCUT2D eigenvalue weighted by molar-refractivity contribution is -0.111. The lowest BCUT2D eigenvalue weighted by Crippen LogP contribution is -1.85. The van der Waals surface area contributed by atoms with Crippen molar-refractivity contribution in [3.8, 4) is 0 Å². The summed E-state index contributed by atoms with van der Waals surface area (Å²) in [6.07, 6.45) is 23.4. The Morgan fingerprint density at radius 1 is 0.714 bits per heavy atom. The van der Waals surface area contributed by atoms with E-state index in [1.54, 1.807) is 0 Å². The summed E-state index contributed by atoms with van der Waals surface area (Å²) in [6.45, 7) is 2.27. The van der Waals surface area contributed by atoms with Crippen LogP contribution in [0.1, 0.15) is 103 Å². The number of hydrogen-bond donors (Lipinski definition) is 0. The Morgan fingerprint density at radius 3 is 1.62 bits per heavy atom. The summed E-state index contributed by atoms with van der Waals surface area (Å²) >= 11 is 5.29. The zero-order valence-corrected chi connectivity index (χ0v) is 14.8. The number of carbonyl (C=O) groups is 1. The fourth-order valence-electron chi connectivity index (χ4n) is 2.51. The zero-order chi connectivity index (χ0) is 15.6. The first-order valence-corrected chi connectivity index (χ1v) is 9.48. The van der Waals surface area contributed by atoms with Crippen molar-refractivity contribution in [1.82, 2.24) is 0 Å². The monoisotopic (exact) mass is 314 g/mol. The number of rotatable bonds is 16. The van der Waals surface area contributed by atoms with Crippen molar-refractivity contribution >= 4 is 16.8 Å². The van der Waals surface area contributed by atoms with Gasteiger partial charge in [0.2, 0.25) is 5.24 Å². The predicted molar refractivity (Wildman–Crippen MR) is 94.9 cm³/mol. The highest BCUT2D eigenvalue weighted by atomic mass is 35.5. The van der Waals surface area contributed by atoms with Gasteiger partial charge in [0.25, 0.3) is 0 Å². The minimum Gasteiger partial charge on any atom is -0.281 e. The lowest BCUT2D eigenvalue weighted by Gasteiger charge is -2.00. The highest BCUT2D eigenvalue weighted by Gasteiger charge is 1.95. The lowest BCUT2D eigenvalue weighted by atomic mass is 10.1. The first-order chi connectivity index (χ1) is 10.3. The molecule has 0 N–H and O–H groups in total. The van der Waals surface area contributed by atoms with Crippen molar-refractivity contribution in [2.45, 2.75) is 103 Å². The Hall–Kier alpha value is -0.300. The van der Waals surface area contributed by atoms with Crippen molar-refractivity contribution in [2.75, 3.05) is 0 Å². The maximum atomic E-state index is 10.5. The molecule has 0 aromatic heterocycles. The van der Waals surface area contributed by atoms with Gasteiger partial charge in [-0.2, -0.15) is 0 Å². The smallest absolute Gasteiger partial charge is 0.221 e. The largest absolute Gasteiger partial charge is 0.281 e. The summed E-state index contributed by atoms with van der Waals surface area (Å²) in [7, 11) is 0. The van der Waals surface area contributed by atoms with Crippen LogP contribution >= 0.6 is 11.6 Å². The van der Waals surface area contributed by atoms with Gasteiger partial charge in [-0.15, -0.1) is 0 Å². The van der Waals surface area contributed by atoms with Crippen LogP contribution in [-0.4, -0.2) is 5.24 Å². The molecule has 0 amide bonds. The molecule has 0 saturated carbocycles. The summed E-state index contributed by atoms with van der Waals surface area (Å²) in [4.78, 5) is 10.5. The molecule has 0 rings (SSSR count). The average molecular weight is 315 g/mol. The molecule has 0 radical (unpaired) electrons. The molecule has 0 bridgehead atoms. The molecule has 0 aromatic carbocycles. The molecule has 0 atom stereocenters. The molecule has 2 heteroatoms. The molecule has 0 aliphatic rings. The Labute approximate surface area is 137 Å². The van der Waals surface area contributed by atoms with E-state index >= 15 is 0 Å². The van der Waals surface area contributed by atoms with E-state index in [2.05, 4.69) is 19.1 Å². The minimum atomic E-state index is -0.194. The van der Waals surface area contributed by atoms with Crippen LogP contribution in [-0.2, 0) is 4.79 Å². The molecule has 21 heavy (non-hydrogen) atoms. The van der Waals surface area contributed by atoms with Gasteiger partial charge in [-0.05, 0) is 43.7 Å². The third kappa shape index (κ3) is 19.7. The average Bonchev–Trinajstić information content (AvgIpc) is 2.46. The molecule has 0 aliphatic carbocycles. The second kappa shape index (κ2) is 17.8. The van der Waals surface area contributed by atoms with Gasteiger partial charge in [-0.25, -0.2) is 0 Å². The van der Waals surface area contributed by atoms with Crippen LogP contribution in [0.25, 0.3) is 0 Å². The standard InChI is InChI=1S/C19H35ClO/c1-2-3-4-5-6-7-8-9-10-11-12-13-14-15-16-17-18-19(20)21/h11-12H,2-10,13-18H2,1H3/b12-11+. The van der Waals surface area contributed by atoms with Gasteiger partial charge in [-0.1, -0.05) is 76.9 Å². The molecule has 0 heterocycles. The van der Waals surface area contributed by atoms with Gasteiger partial charge in [-0.3, -0.25) is 4.79 Å². The molecule has 0 aromatic rings. The van der Waals surface area contributed by atoms with E-state index < -0.39 is 0 Å². The SMILES string of the molecule is CCCCCCCCCC/C=C/CCCCCCC(=O)Cl. The Balaban J connectivity index is 3.07. The van der Waals surface area contributed by atoms with E-state index in [1.807, 2.05) is 0 Å². The molecule has 124 valence electrons. The number of hydrogen-bond acceptors (Lipinski definition) is 1. The highest BCUT2D eigenvalue weighted by Crippen LogP contribution is 2.10. The summed E-state index contributed by atoms with van der Waals surface area (Å²) in [5.74, 6) is 0. The van der Waals surface area contributed by atoms with E-state index in [-0.39, 0.29) is 5.24 Å². The summed E-state index contributed by atoms with van der Waals surface area (Å²) in [5.41, 5.74) is 0. The van der Waals surface area contributed by atoms with Crippen molar-refractivity contribution in [1.29, 1.82) is 0 Å². The third-order valence-corrected chi connectivity index (χ3v) is 4.07. The minimum absolute atomic E-state index is 0.194. The van der Waals surface area contributed by atoms with Crippen LogP contribution in [0, 0.1) is 0 Å². The number of unbranched alkanes of at least 4 members (excludes halogenated alkanes) is 12. The van der Waals surface area contributed by atoms with Crippen molar-refractivity contribution in [3.63, 3.8) is 0 Å². The van der Waals surface area contributed by atoms with Crippen molar-refractivity contribution in [2.24, 2.45) is 0 Å². The first kappa shape index (κ1) is 20.7. The quantitative estimate of drug-likeness (QED) is 0.167. The predicted octanol–water partition coefficient (Wildman–Crippen LogP) is 7.18. The number of carbonyl (C=O) groups excluding carboxylic acids is 1. The summed E-state index contributed by atoms with van der Waals surface area (Å²) < 4.78 is 0. The molecule has 1 nitrogen and oxygen atoms in total. The molecule has 0 spiro atoms. The van der Waals surface area contributed by atoms with Crippen LogP contribution in [0.5, 0.6) is 0 Å². The van der Waals surface area contributed by atoms with Crippen LogP contribution in [0.3, 0.4) is 0 Å². The van der Waals surface area contributed by atoms with Gasteiger partial charge in [0.1, 0.15) is 0 Å². The van der Waals surface area contributed by atoms with E-state index in [0.29, 0.717) is 6.42 Å². The first-order valence-electron chi connectivity index (χ1n) is 9.10. The molecule has 0 unspecified atom stereocenters. The maximum Gasteiger partial charge on any atom is 0.221 e. The van der Waals surface area contributed by atoms with Gasteiger partial charge in [0, 0.05) is 6.42 Å². The molecule has 0 saturated heterocycles. The van der Waals surface area contributed by atoms with E-state index in [9.17, 15) is 4.79 Å². The highest BCUT2D eigenvalue weighted by molar-refractivity contribution is 6.63. The second-order valence-corrected chi connectivity index (χ2v) is 6.46. The van der Waals surface area contributed by atoms with Crippen molar-refractivity contribution in [3.05, 3.63) is 12.2 Å². The van der Waals surface area contributed by atoms with Gasteiger partial charge in [0.15, 0.2) is 0 Å². The Kier molecular flexibility index (Phi) is 17.5. The normalized spacial score (nSPS) is 11.3. The topological polar surface area (TPSA) is 17.1 Å².